The number of carbonyl (C=O) groups is 1. The summed E-state index contributed by atoms with van der Waals surface area (Å²) in [5.41, 5.74) is -0.880. The number of carboxylic acid groups (broad SMARTS) is 1. The molecule has 2 aromatic heterocycles. The van der Waals surface area contributed by atoms with Gasteiger partial charge in [-0.25, -0.2) is 14.5 Å². The van der Waals surface area contributed by atoms with Crippen molar-refractivity contribution in [2.45, 2.75) is 18.0 Å². The zero-order valence-electron chi connectivity index (χ0n) is 10.8. The van der Waals surface area contributed by atoms with E-state index in [1.165, 1.54) is 24.0 Å². The number of aromatic nitrogens is 3. The third kappa shape index (κ3) is 3.35. The van der Waals surface area contributed by atoms with Crippen LogP contribution in [0.25, 0.3) is 5.69 Å². The Morgan fingerprint density at radius 3 is 2.71 bits per heavy atom. The van der Waals surface area contributed by atoms with E-state index in [0.29, 0.717) is 10.6 Å². The maximum atomic E-state index is 12.5. The predicted molar refractivity (Wildman–Crippen MR) is 69.7 cm³/mol. The molecule has 0 aromatic carbocycles. The number of pyridine rings is 1. The predicted octanol–water partition coefficient (Wildman–Crippen LogP) is 3.10. The minimum absolute atomic E-state index is 0.131. The fourth-order valence-electron chi connectivity index (χ4n) is 1.60. The van der Waals surface area contributed by atoms with Crippen LogP contribution in [0.1, 0.15) is 23.1 Å². The molecule has 21 heavy (non-hydrogen) atoms. The van der Waals surface area contributed by atoms with Gasteiger partial charge in [0.1, 0.15) is 0 Å². The van der Waals surface area contributed by atoms with Gasteiger partial charge in [-0.1, -0.05) is 6.92 Å². The first-order valence-electron chi connectivity index (χ1n) is 5.82. The third-order valence-electron chi connectivity index (χ3n) is 2.48. The molecular formula is C12H10F3N3O2S. The number of rotatable bonds is 4. The van der Waals surface area contributed by atoms with Gasteiger partial charge in [-0.05, 0) is 17.9 Å². The molecule has 0 atom stereocenters. The third-order valence-corrected chi connectivity index (χ3v) is 3.40. The van der Waals surface area contributed by atoms with Crippen LogP contribution >= 0.6 is 11.8 Å². The first-order chi connectivity index (χ1) is 9.82. The van der Waals surface area contributed by atoms with E-state index in [9.17, 15) is 18.0 Å². The fourth-order valence-corrected chi connectivity index (χ4v) is 2.40. The fraction of sp³-hybridized carbons (Fsp3) is 0.250. The average Bonchev–Trinajstić information content (AvgIpc) is 2.88. The largest absolute Gasteiger partial charge is 0.476 e. The van der Waals surface area contributed by atoms with Crippen LogP contribution in [-0.2, 0) is 6.18 Å². The van der Waals surface area contributed by atoms with E-state index in [1.807, 2.05) is 6.92 Å². The molecule has 2 aromatic rings. The molecule has 0 aliphatic rings. The summed E-state index contributed by atoms with van der Waals surface area (Å²) in [5.74, 6) is -0.577. The van der Waals surface area contributed by atoms with E-state index in [1.54, 1.807) is 0 Å². The van der Waals surface area contributed by atoms with E-state index < -0.39 is 17.8 Å². The molecule has 0 aliphatic carbocycles. The molecule has 0 radical (unpaired) electrons. The molecular weight excluding hydrogens is 307 g/mol. The highest BCUT2D eigenvalue weighted by Gasteiger charge is 2.33. The topological polar surface area (TPSA) is 68.0 Å². The summed E-state index contributed by atoms with van der Waals surface area (Å²) in [4.78, 5) is 15.2. The Labute approximate surface area is 121 Å². The lowest BCUT2D eigenvalue weighted by Crippen LogP contribution is -2.08. The summed E-state index contributed by atoms with van der Waals surface area (Å²) >= 11 is 1.24. The van der Waals surface area contributed by atoms with Crippen LogP contribution in [0.15, 0.2) is 29.4 Å². The summed E-state index contributed by atoms with van der Waals surface area (Å²) in [5, 5.41) is 12.4. The van der Waals surface area contributed by atoms with Crippen LogP contribution in [0.2, 0.25) is 0 Å². The first-order valence-corrected chi connectivity index (χ1v) is 6.81. The van der Waals surface area contributed by atoms with Gasteiger partial charge in [-0.2, -0.15) is 18.3 Å². The Bertz CT molecular complexity index is 670. The number of aromatic carboxylic acids is 1. The maximum absolute atomic E-state index is 12.5. The second-order valence-corrected chi connectivity index (χ2v) is 5.23. The van der Waals surface area contributed by atoms with Gasteiger partial charge in [0, 0.05) is 11.1 Å². The molecule has 0 saturated heterocycles. The van der Waals surface area contributed by atoms with Crippen molar-refractivity contribution in [1.82, 2.24) is 14.8 Å². The lowest BCUT2D eigenvalue weighted by Gasteiger charge is -2.07. The van der Waals surface area contributed by atoms with Crippen LogP contribution < -0.4 is 0 Å². The first kappa shape index (κ1) is 15.4. The van der Waals surface area contributed by atoms with Crippen molar-refractivity contribution < 1.29 is 23.1 Å². The van der Waals surface area contributed by atoms with Gasteiger partial charge >= 0.3 is 12.1 Å². The minimum Gasteiger partial charge on any atom is -0.476 e. The molecule has 2 rings (SSSR count). The Morgan fingerprint density at radius 2 is 2.19 bits per heavy atom. The monoisotopic (exact) mass is 317 g/mol. The summed E-state index contributed by atoms with van der Waals surface area (Å²) in [6.07, 6.45) is -2.20. The molecule has 0 bridgehead atoms. The summed E-state index contributed by atoms with van der Waals surface area (Å²) < 4.78 is 38.6. The van der Waals surface area contributed by atoms with Crippen LogP contribution in [0.5, 0.6) is 0 Å². The molecule has 0 saturated carbocycles. The van der Waals surface area contributed by atoms with Crippen LogP contribution in [0.3, 0.4) is 0 Å². The van der Waals surface area contributed by atoms with E-state index in [2.05, 4.69) is 10.1 Å². The molecule has 1 N–H and O–H groups in total. The lowest BCUT2D eigenvalue weighted by atomic mass is 10.3. The average molecular weight is 317 g/mol. The van der Waals surface area contributed by atoms with Gasteiger partial charge < -0.3 is 5.11 Å². The Balaban J connectivity index is 2.43. The normalized spacial score (nSPS) is 11.6. The number of halogens is 3. The molecule has 0 spiro atoms. The maximum Gasteiger partial charge on any atom is 0.435 e. The van der Waals surface area contributed by atoms with Gasteiger partial charge in [0.15, 0.2) is 11.4 Å². The zero-order valence-corrected chi connectivity index (χ0v) is 11.6. The van der Waals surface area contributed by atoms with Crippen molar-refractivity contribution in [3.05, 3.63) is 35.9 Å². The van der Waals surface area contributed by atoms with Crippen molar-refractivity contribution in [2.75, 3.05) is 5.75 Å². The summed E-state index contributed by atoms with van der Waals surface area (Å²) in [7, 11) is 0. The molecule has 5 nitrogen and oxygen atoms in total. The Morgan fingerprint density at radius 1 is 1.48 bits per heavy atom. The second-order valence-electron chi connectivity index (χ2n) is 3.92. The molecule has 0 unspecified atom stereocenters. The van der Waals surface area contributed by atoms with Crippen molar-refractivity contribution in [3.63, 3.8) is 0 Å². The van der Waals surface area contributed by atoms with Crippen LogP contribution in [0.4, 0.5) is 13.2 Å². The number of alkyl halides is 3. The molecule has 0 fully saturated rings. The summed E-state index contributed by atoms with van der Waals surface area (Å²) in [6, 6.07) is 2.30. The second kappa shape index (κ2) is 5.76. The van der Waals surface area contributed by atoms with E-state index in [0.717, 1.165) is 16.9 Å². The lowest BCUT2D eigenvalue weighted by molar-refractivity contribution is -0.141. The minimum atomic E-state index is -4.53. The van der Waals surface area contributed by atoms with Crippen molar-refractivity contribution >= 4 is 17.7 Å². The van der Waals surface area contributed by atoms with E-state index in [-0.39, 0.29) is 11.4 Å². The highest BCUT2D eigenvalue weighted by atomic mass is 32.2. The molecule has 0 amide bonds. The Kier molecular flexibility index (Phi) is 4.21. The van der Waals surface area contributed by atoms with Crippen molar-refractivity contribution in [1.29, 1.82) is 0 Å². The van der Waals surface area contributed by atoms with Gasteiger partial charge in [0.25, 0.3) is 0 Å². The summed E-state index contributed by atoms with van der Waals surface area (Å²) in [6.45, 7) is 1.83. The number of thioether (sulfide) groups is 1. The van der Waals surface area contributed by atoms with Gasteiger partial charge in [-0.15, -0.1) is 11.8 Å². The van der Waals surface area contributed by atoms with Crippen molar-refractivity contribution in [3.8, 4) is 5.69 Å². The van der Waals surface area contributed by atoms with Crippen LogP contribution in [-0.4, -0.2) is 31.6 Å². The highest BCUT2D eigenvalue weighted by molar-refractivity contribution is 7.99. The van der Waals surface area contributed by atoms with E-state index in [4.69, 9.17) is 5.11 Å². The molecule has 0 aliphatic heterocycles. The number of hydrogen-bond donors (Lipinski definition) is 1. The van der Waals surface area contributed by atoms with Gasteiger partial charge in [0.2, 0.25) is 0 Å². The highest BCUT2D eigenvalue weighted by Crippen LogP contribution is 2.28. The van der Waals surface area contributed by atoms with Gasteiger partial charge in [-0.3, -0.25) is 0 Å². The number of nitrogens with zero attached hydrogens (tertiary/aromatic N) is 3. The molecule has 112 valence electrons. The standard InChI is InChI=1S/C12H10F3N3O2S/c1-2-21-8-5-7(6-16-10(8)11(19)20)18-4-3-9(17-18)12(13,14)15/h3-6H,2H2,1H3,(H,19,20). The van der Waals surface area contributed by atoms with E-state index >= 15 is 0 Å². The number of hydrogen-bond acceptors (Lipinski definition) is 4. The van der Waals surface area contributed by atoms with Crippen LogP contribution in [0, 0.1) is 0 Å². The smallest absolute Gasteiger partial charge is 0.435 e. The van der Waals surface area contributed by atoms with Crippen molar-refractivity contribution in [2.24, 2.45) is 0 Å². The Hall–Kier alpha value is -2.03. The molecule has 2 heterocycles. The molecule has 9 heteroatoms. The quantitative estimate of drug-likeness (QED) is 0.878. The number of carboxylic acids is 1. The zero-order chi connectivity index (χ0) is 15.6. The SMILES string of the molecule is CCSc1cc(-n2ccc(C(F)(F)F)n2)cnc1C(=O)O. The van der Waals surface area contributed by atoms with Gasteiger partial charge in [0.05, 0.1) is 11.9 Å².